The smallest absolute Gasteiger partial charge is 0.117 e. The Hall–Kier alpha value is -1.04. The molecule has 76 valence electrons. The zero-order valence-electron chi connectivity index (χ0n) is 8.88. The van der Waals surface area contributed by atoms with Crippen LogP contribution in [0.5, 0.6) is 0 Å². The van der Waals surface area contributed by atoms with Crippen molar-refractivity contribution >= 4 is 5.84 Å². The average Bonchev–Trinajstić information content (AvgIpc) is 2.57. The third kappa shape index (κ3) is 1.30. The van der Waals surface area contributed by atoms with Crippen LogP contribution in [0.25, 0.3) is 0 Å². The highest BCUT2D eigenvalue weighted by atomic mass is 15.1. The molecule has 1 fully saturated rings. The van der Waals surface area contributed by atoms with Crippen LogP contribution in [-0.4, -0.2) is 18.4 Å². The Kier molecular flexibility index (Phi) is 2.22. The molecule has 0 aromatic carbocycles. The summed E-state index contributed by atoms with van der Waals surface area (Å²) in [4.78, 5) is 4.45. The van der Waals surface area contributed by atoms with E-state index in [0.29, 0.717) is 12.0 Å². The van der Waals surface area contributed by atoms with E-state index in [-0.39, 0.29) is 5.41 Å². The molecule has 0 spiro atoms. The molecule has 2 aliphatic rings. The maximum absolute atomic E-state index is 9.28. The fourth-order valence-electron chi connectivity index (χ4n) is 2.38. The van der Waals surface area contributed by atoms with E-state index in [4.69, 9.17) is 0 Å². The highest BCUT2D eigenvalue weighted by Gasteiger charge is 2.46. The highest BCUT2D eigenvalue weighted by Crippen LogP contribution is 2.39. The van der Waals surface area contributed by atoms with Crippen molar-refractivity contribution in [2.75, 3.05) is 6.54 Å². The normalized spacial score (nSPS) is 35.9. The number of hydrogen-bond acceptors (Lipinski definition) is 3. The van der Waals surface area contributed by atoms with E-state index in [9.17, 15) is 5.26 Å². The number of nitriles is 1. The number of amidine groups is 1. The van der Waals surface area contributed by atoms with Gasteiger partial charge in [-0.2, -0.15) is 5.26 Å². The zero-order valence-corrected chi connectivity index (χ0v) is 8.88. The number of aliphatic imine (C=N–C) groups is 1. The second-order valence-corrected chi connectivity index (χ2v) is 4.73. The highest BCUT2D eigenvalue weighted by molar-refractivity contribution is 5.93. The largest absolute Gasteiger partial charge is 0.369 e. The van der Waals surface area contributed by atoms with Gasteiger partial charge < -0.3 is 5.32 Å². The second kappa shape index (κ2) is 3.27. The molecule has 0 unspecified atom stereocenters. The quantitative estimate of drug-likeness (QED) is 0.686. The van der Waals surface area contributed by atoms with Gasteiger partial charge in [0.05, 0.1) is 6.07 Å². The molecule has 14 heavy (non-hydrogen) atoms. The van der Waals surface area contributed by atoms with Gasteiger partial charge in [0.25, 0.3) is 0 Å². The summed E-state index contributed by atoms with van der Waals surface area (Å²) in [6, 6.07) is 2.91. The average molecular weight is 191 g/mol. The lowest BCUT2D eigenvalue weighted by Gasteiger charge is -2.23. The first-order valence-corrected chi connectivity index (χ1v) is 5.41. The third-order valence-electron chi connectivity index (χ3n) is 3.39. The van der Waals surface area contributed by atoms with Gasteiger partial charge in [-0.3, -0.25) is 4.99 Å². The molecule has 1 N–H and O–H groups in total. The van der Waals surface area contributed by atoms with Gasteiger partial charge in [0.15, 0.2) is 0 Å². The summed E-state index contributed by atoms with van der Waals surface area (Å²) in [5.41, 5.74) is -0.271. The van der Waals surface area contributed by atoms with Gasteiger partial charge >= 0.3 is 0 Å². The van der Waals surface area contributed by atoms with E-state index in [2.05, 4.69) is 30.2 Å². The number of hydrogen-bond donors (Lipinski definition) is 1. The second-order valence-electron chi connectivity index (χ2n) is 4.73. The van der Waals surface area contributed by atoms with E-state index in [0.717, 1.165) is 31.6 Å². The minimum atomic E-state index is -0.271. The molecule has 0 aliphatic carbocycles. The standard InChI is InChI=1S/C11H17N3/c1-8(2)9-6-11(7-12)4-3-5-13-10(11)14-9/h8-9H,3-6H2,1-2H3,(H,13,14)/t9-,11+/m0/s1. The fourth-order valence-corrected chi connectivity index (χ4v) is 2.38. The molecule has 0 aromatic heterocycles. The summed E-state index contributed by atoms with van der Waals surface area (Å²) in [7, 11) is 0. The molecule has 3 nitrogen and oxygen atoms in total. The van der Waals surface area contributed by atoms with Gasteiger partial charge in [-0.1, -0.05) is 13.8 Å². The van der Waals surface area contributed by atoms with Gasteiger partial charge in [-0.15, -0.1) is 0 Å². The molecule has 1 saturated heterocycles. The maximum atomic E-state index is 9.28. The van der Waals surface area contributed by atoms with Gasteiger partial charge in [-0.25, -0.2) is 0 Å². The SMILES string of the molecule is CC(C)[C@@H]1C[C@@]2(C#N)CCCN=C2N1. The Morgan fingerprint density at radius 3 is 3.00 bits per heavy atom. The van der Waals surface area contributed by atoms with Crippen LogP contribution >= 0.6 is 0 Å². The van der Waals surface area contributed by atoms with Crippen molar-refractivity contribution in [2.24, 2.45) is 16.3 Å². The fraction of sp³-hybridized carbons (Fsp3) is 0.818. The number of fused-ring (bicyclic) bond motifs is 1. The van der Waals surface area contributed by atoms with E-state index in [1.54, 1.807) is 0 Å². The molecule has 0 radical (unpaired) electrons. The van der Waals surface area contributed by atoms with E-state index >= 15 is 0 Å². The van der Waals surface area contributed by atoms with E-state index < -0.39 is 0 Å². The lowest BCUT2D eigenvalue weighted by Crippen LogP contribution is -2.35. The summed E-state index contributed by atoms with van der Waals surface area (Å²) >= 11 is 0. The molecule has 2 atom stereocenters. The van der Waals surface area contributed by atoms with Crippen LogP contribution in [0.15, 0.2) is 4.99 Å². The molecule has 2 heterocycles. The topological polar surface area (TPSA) is 48.2 Å². The number of nitrogens with zero attached hydrogens (tertiary/aromatic N) is 2. The Morgan fingerprint density at radius 2 is 2.43 bits per heavy atom. The Balaban J connectivity index is 2.26. The van der Waals surface area contributed by atoms with Crippen molar-refractivity contribution in [1.29, 1.82) is 5.26 Å². The predicted octanol–water partition coefficient (Wildman–Crippen LogP) is 1.71. The van der Waals surface area contributed by atoms with Gasteiger partial charge in [0.2, 0.25) is 0 Å². The van der Waals surface area contributed by atoms with Crippen LogP contribution in [-0.2, 0) is 0 Å². The molecule has 2 rings (SSSR count). The van der Waals surface area contributed by atoms with Crippen LogP contribution in [0.2, 0.25) is 0 Å². The van der Waals surface area contributed by atoms with Crippen molar-refractivity contribution in [2.45, 2.75) is 39.2 Å². The molecule has 0 aromatic rings. The Bertz CT molecular complexity index is 300. The maximum Gasteiger partial charge on any atom is 0.117 e. The van der Waals surface area contributed by atoms with Gasteiger partial charge in [0, 0.05) is 12.6 Å². The summed E-state index contributed by atoms with van der Waals surface area (Å²) in [6.45, 7) is 5.28. The third-order valence-corrected chi connectivity index (χ3v) is 3.39. The van der Waals surface area contributed by atoms with Crippen LogP contribution in [0.1, 0.15) is 33.1 Å². The van der Waals surface area contributed by atoms with Crippen molar-refractivity contribution in [1.82, 2.24) is 5.32 Å². The first-order valence-electron chi connectivity index (χ1n) is 5.41. The molecular weight excluding hydrogens is 174 g/mol. The Morgan fingerprint density at radius 1 is 1.64 bits per heavy atom. The summed E-state index contributed by atoms with van der Waals surface area (Å²) in [5, 5.41) is 12.7. The van der Waals surface area contributed by atoms with Crippen molar-refractivity contribution in [3.05, 3.63) is 0 Å². The molecule has 0 saturated carbocycles. The Labute approximate surface area is 85.2 Å². The lowest BCUT2D eigenvalue weighted by molar-refractivity contribution is 0.384. The first-order chi connectivity index (χ1) is 6.68. The molecule has 0 bridgehead atoms. The van der Waals surface area contributed by atoms with Crippen LogP contribution in [0.4, 0.5) is 0 Å². The molecular formula is C11H17N3. The zero-order chi connectivity index (χ0) is 10.2. The lowest BCUT2D eigenvalue weighted by atomic mass is 9.79. The minimum absolute atomic E-state index is 0.271. The summed E-state index contributed by atoms with van der Waals surface area (Å²) < 4.78 is 0. The first kappa shape index (κ1) is 9.51. The van der Waals surface area contributed by atoms with Crippen LogP contribution in [0.3, 0.4) is 0 Å². The predicted molar refractivity (Wildman–Crippen MR) is 56.0 cm³/mol. The van der Waals surface area contributed by atoms with Crippen molar-refractivity contribution in [3.8, 4) is 6.07 Å². The number of nitrogens with one attached hydrogen (secondary N) is 1. The van der Waals surface area contributed by atoms with E-state index in [1.807, 2.05) is 0 Å². The van der Waals surface area contributed by atoms with Crippen LogP contribution < -0.4 is 5.32 Å². The minimum Gasteiger partial charge on any atom is -0.369 e. The van der Waals surface area contributed by atoms with Gasteiger partial charge in [-0.05, 0) is 25.2 Å². The molecule has 2 aliphatic heterocycles. The van der Waals surface area contributed by atoms with Crippen molar-refractivity contribution < 1.29 is 0 Å². The van der Waals surface area contributed by atoms with Crippen LogP contribution in [0, 0.1) is 22.7 Å². The van der Waals surface area contributed by atoms with E-state index in [1.165, 1.54) is 0 Å². The van der Waals surface area contributed by atoms with Gasteiger partial charge in [0.1, 0.15) is 11.3 Å². The molecule has 3 heteroatoms. The van der Waals surface area contributed by atoms with Crippen molar-refractivity contribution in [3.63, 3.8) is 0 Å². The monoisotopic (exact) mass is 191 g/mol. The summed E-state index contributed by atoms with van der Waals surface area (Å²) in [6.07, 6.45) is 2.99. The number of rotatable bonds is 1. The molecule has 0 amide bonds. The summed E-state index contributed by atoms with van der Waals surface area (Å²) in [5.74, 6) is 1.54.